The highest BCUT2D eigenvalue weighted by molar-refractivity contribution is 5.50. The van der Waals surface area contributed by atoms with E-state index in [1.165, 1.54) is 0 Å². The lowest BCUT2D eigenvalue weighted by atomic mass is 10.3. The van der Waals surface area contributed by atoms with E-state index in [4.69, 9.17) is 4.42 Å². The molecular weight excluding hydrogens is 228 g/mol. The zero-order valence-corrected chi connectivity index (χ0v) is 10.6. The second-order valence-corrected chi connectivity index (χ2v) is 4.09. The topological polar surface area (TPSA) is 63.8 Å². The first-order chi connectivity index (χ1) is 8.90. The van der Waals surface area contributed by atoms with Gasteiger partial charge in [0.15, 0.2) is 0 Å². The average molecular weight is 246 g/mol. The van der Waals surface area contributed by atoms with Gasteiger partial charge in [0, 0.05) is 24.4 Å². The van der Waals surface area contributed by atoms with Crippen molar-refractivity contribution >= 4 is 0 Å². The van der Waals surface area contributed by atoms with Crippen LogP contribution in [0.1, 0.15) is 25.7 Å². The van der Waals surface area contributed by atoms with Gasteiger partial charge < -0.3 is 9.73 Å². The van der Waals surface area contributed by atoms with E-state index in [1.54, 1.807) is 12.4 Å². The van der Waals surface area contributed by atoms with E-state index < -0.39 is 0 Å². The molecule has 96 valence electrons. The molecule has 2 heterocycles. The quantitative estimate of drug-likeness (QED) is 0.758. The SMILES string of the molecule is CCCNCCCc1nnc(-c2ccncc2)o1. The van der Waals surface area contributed by atoms with E-state index in [-0.39, 0.29) is 0 Å². The van der Waals surface area contributed by atoms with Gasteiger partial charge in [-0.15, -0.1) is 10.2 Å². The first-order valence-electron chi connectivity index (χ1n) is 6.33. The van der Waals surface area contributed by atoms with Gasteiger partial charge in [-0.3, -0.25) is 4.98 Å². The van der Waals surface area contributed by atoms with E-state index in [2.05, 4.69) is 27.4 Å². The summed E-state index contributed by atoms with van der Waals surface area (Å²) in [6.45, 7) is 4.21. The molecule has 0 aliphatic carbocycles. The molecule has 0 spiro atoms. The summed E-state index contributed by atoms with van der Waals surface area (Å²) in [5.41, 5.74) is 0.910. The summed E-state index contributed by atoms with van der Waals surface area (Å²) in [4.78, 5) is 3.96. The van der Waals surface area contributed by atoms with Crippen LogP contribution in [0.15, 0.2) is 28.9 Å². The third-order valence-electron chi connectivity index (χ3n) is 2.57. The zero-order valence-electron chi connectivity index (χ0n) is 10.6. The second kappa shape index (κ2) is 6.86. The highest BCUT2D eigenvalue weighted by Gasteiger charge is 2.07. The molecule has 0 unspecified atom stereocenters. The van der Waals surface area contributed by atoms with Crippen LogP contribution < -0.4 is 5.32 Å². The average Bonchev–Trinajstić information content (AvgIpc) is 2.88. The van der Waals surface area contributed by atoms with Crippen molar-refractivity contribution in [2.45, 2.75) is 26.2 Å². The van der Waals surface area contributed by atoms with E-state index in [0.717, 1.165) is 37.9 Å². The largest absolute Gasteiger partial charge is 0.421 e. The fourth-order valence-corrected chi connectivity index (χ4v) is 1.63. The lowest BCUT2D eigenvalue weighted by Gasteiger charge is -1.99. The Morgan fingerprint density at radius 2 is 2.00 bits per heavy atom. The summed E-state index contributed by atoms with van der Waals surface area (Å²) in [6, 6.07) is 3.72. The Labute approximate surface area is 107 Å². The highest BCUT2D eigenvalue weighted by atomic mass is 16.4. The van der Waals surface area contributed by atoms with Crippen molar-refractivity contribution in [3.8, 4) is 11.5 Å². The molecule has 0 fully saturated rings. The maximum atomic E-state index is 5.60. The lowest BCUT2D eigenvalue weighted by molar-refractivity contribution is 0.491. The normalized spacial score (nSPS) is 10.7. The Balaban J connectivity index is 1.83. The van der Waals surface area contributed by atoms with Crippen LogP contribution in [0, 0.1) is 0 Å². The van der Waals surface area contributed by atoms with Gasteiger partial charge in [0.2, 0.25) is 11.8 Å². The number of nitrogens with zero attached hydrogens (tertiary/aromatic N) is 3. The molecule has 5 nitrogen and oxygen atoms in total. The summed E-state index contributed by atoms with van der Waals surface area (Å²) in [5.74, 6) is 1.26. The monoisotopic (exact) mass is 246 g/mol. The van der Waals surface area contributed by atoms with Gasteiger partial charge in [0.1, 0.15) is 0 Å². The maximum absolute atomic E-state index is 5.60. The molecule has 0 aliphatic rings. The molecule has 0 amide bonds. The number of aromatic nitrogens is 3. The van der Waals surface area contributed by atoms with Crippen molar-refractivity contribution in [1.29, 1.82) is 0 Å². The van der Waals surface area contributed by atoms with Crippen molar-refractivity contribution in [2.75, 3.05) is 13.1 Å². The van der Waals surface area contributed by atoms with Gasteiger partial charge in [-0.05, 0) is 38.1 Å². The van der Waals surface area contributed by atoms with Crippen molar-refractivity contribution < 1.29 is 4.42 Å². The van der Waals surface area contributed by atoms with Gasteiger partial charge in [-0.25, -0.2) is 0 Å². The van der Waals surface area contributed by atoms with Gasteiger partial charge in [0.05, 0.1) is 0 Å². The predicted molar refractivity (Wildman–Crippen MR) is 69.0 cm³/mol. The summed E-state index contributed by atoms with van der Waals surface area (Å²) in [7, 11) is 0. The van der Waals surface area contributed by atoms with Crippen LogP contribution >= 0.6 is 0 Å². The van der Waals surface area contributed by atoms with Crippen molar-refractivity contribution in [2.24, 2.45) is 0 Å². The predicted octanol–water partition coefficient (Wildman–Crippen LogP) is 2.06. The maximum Gasteiger partial charge on any atom is 0.247 e. The fourth-order valence-electron chi connectivity index (χ4n) is 1.63. The molecule has 5 heteroatoms. The number of hydrogen-bond acceptors (Lipinski definition) is 5. The Kier molecular flexibility index (Phi) is 4.84. The summed E-state index contributed by atoms with van der Waals surface area (Å²) < 4.78 is 5.60. The molecule has 2 rings (SSSR count). The van der Waals surface area contributed by atoms with E-state index in [0.29, 0.717) is 11.8 Å². The number of pyridine rings is 1. The summed E-state index contributed by atoms with van der Waals surface area (Å²) in [6.07, 6.45) is 6.42. The molecule has 1 N–H and O–H groups in total. The molecule has 0 saturated carbocycles. The van der Waals surface area contributed by atoms with Gasteiger partial charge >= 0.3 is 0 Å². The Hall–Kier alpha value is -1.75. The van der Waals surface area contributed by atoms with Crippen molar-refractivity contribution in [3.63, 3.8) is 0 Å². The number of hydrogen-bond donors (Lipinski definition) is 1. The van der Waals surface area contributed by atoms with Gasteiger partial charge in [0.25, 0.3) is 0 Å². The number of aryl methyl sites for hydroxylation is 1. The smallest absolute Gasteiger partial charge is 0.247 e. The van der Waals surface area contributed by atoms with Crippen molar-refractivity contribution in [3.05, 3.63) is 30.4 Å². The molecule has 0 saturated heterocycles. The van der Waals surface area contributed by atoms with Crippen LogP contribution in [0.4, 0.5) is 0 Å². The van der Waals surface area contributed by atoms with Crippen LogP contribution in [0.25, 0.3) is 11.5 Å². The molecule has 2 aromatic rings. The first-order valence-corrected chi connectivity index (χ1v) is 6.33. The van der Waals surface area contributed by atoms with E-state index in [9.17, 15) is 0 Å². The fraction of sp³-hybridized carbons (Fsp3) is 0.462. The third-order valence-corrected chi connectivity index (χ3v) is 2.57. The third kappa shape index (κ3) is 3.63. The second-order valence-electron chi connectivity index (χ2n) is 4.09. The molecule has 0 radical (unpaired) electrons. The minimum Gasteiger partial charge on any atom is -0.421 e. The lowest BCUT2D eigenvalue weighted by Crippen LogP contribution is -2.16. The number of rotatable bonds is 7. The van der Waals surface area contributed by atoms with Crippen molar-refractivity contribution in [1.82, 2.24) is 20.5 Å². The molecule has 18 heavy (non-hydrogen) atoms. The summed E-state index contributed by atoms with van der Waals surface area (Å²) in [5, 5.41) is 11.4. The number of nitrogens with one attached hydrogen (secondary N) is 1. The zero-order chi connectivity index (χ0) is 12.6. The minimum absolute atomic E-state index is 0.564. The Morgan fingerprint density at radius 3 is 2.78 bits per heavy atom. The minimum atomic E-state index is 0.564. The van der Waals surface area contributed by atoms with Crippen LogP contribution in [0.3, 0.4) is 0 Å². The molecule has 0 atom stereocenters. The highest BCUT2D eigenvalue weighted by Crippen LogP contribution is 2.16. The molecule has 2 aromatic heterocycles. The van der Waals surface area contributed by atoms with Gasteiger partial charge in [-0.2, -0.15) is 0 Å². The molecule has 0 aliphatic heterocycles. The standard InChI is InChI=1S/C13H18N4O/c1-2-7-14-8-3-4-12-16-17-13(18-12)11-5-9-15-10-6-11/h5-6,9-10,14H,2-4,7-8H2,1H3. The summed E-state index contributed by atoms with van der Waals surface area (Å²) >= 11 is 0. The first kappa shape index (κ1) is 12.7. The van der Waals surface area contributed by atoms with Crippen LogP contribution in [0.5, 0.6) is 0 Å². The van der Waals surface area contributed by atoms with Crippen LogP contribution in [0.2, 0.25) is 0 Å². The molecule has 0 aromatic carbocycles. The Morgan fingerprint density at radius 1 is 1.17 bits per heavy atom. The molecular formula is C13H18N4O. The van der Waals surface area contributed by atoms with Gasteiger partial charge in [-0.1, -0.05) is 6.92 Å². The van der Waals surface area contributed by atoms with Crippen LogP contribution in [-0.4, -0.2) is 28.3 Å². The Bertz CT molecular complexity index is 455. The molecule has 0 bridgehead atoms. The van der Waals surface area contributed by atoms with E-state index in [1.807, 2.05) is 12.1 Å². The van der Waals surface area contributed by atoms with E-state index >= 15 is 0 Å². The van der Waals surface area contributed by atoms with Crippen LogP contribution in [-0.2, 0) is 6.42 Å².